The number of ether oxygens (including phenoxy) is 2. The van der Waals surface area contributed by atoms with Gasteiger partial charge < -0.3 is 9.47 Å². The highest BCUT2D eigenvalue weighted by molar-refractivity contribution is 9.28. The molecule has 0 N–H and O–H groups in total. The molecule has 2 nitrogen and oxygen atoms in total. The van der Waals surface area contributed by atoms with Crippen LogP contribution in [0.5, 0.6) is 11.5 Å². The van der Waals surface area contributed by atoms with Gasteiger partial charge in [0.1, 0.15) is 18.1 Å². The van der Waals surface area contributed by atoms with Gasteiger partial charge in [-0.3, -0.25) is 0 Å². The van der Waals surface area contributed by atoms with E-state index in [1.165, 1.54) is 0 Å². The van der Waals surface area contributed by atoms with Crippen molar-refractivity contribution in [1.29, 1.82) is 0 Å². The van der Waals surface area contributed by atoms with Gasteiger partial charge in [0.15, 0.2) is 0 Å². The Morgan fingerprint density at radius 1 is 1.05 bits per heavy atom. The predicted molar refractivity (Wildman–Crippen MR) is 102 cm³/mol. The van der Waals surface area contributed by atoms with Crippen molar-refractivity contribution in [2.45, 2.75) is 12.8 Å². The molecule has 112 valence electrons. The maximum atomic E-state index is 5.77. The number of unbranched alkanes of at least 4 members (excludes halogenated alkanes) is 1. The molecule has 0 fully saturated rings. The summed E-state index contributed by atoms with van der Waals surface area (Å²) in [6.45, 7) is 1.18. The van der Waals surface area contributed by atoms with Gasteiger partial charge in [-0.1, -0.05) is 15.9 Å². The van der Waals surface area contributed by atoms with Crippen molar-refractivity contribution in [2.75, 3.05) is 18.5 Å². The van der Waals surface area contributed by atoms with Gasteiger partial charge in [-0.15, -0.1) is 0 Å². The average Bonchev–Trinajstić information content (AvgIpc) is 2.36. The highest BCUT2D eigenvalue weighted by atomic mass is 79.9. The molecule has 0 radical (unpaired) electrons. The standard InChI is InChI=1S/C13H13Br5O2/c14-4-1-2-5-20-13-10(15)7-9(8-11(13)16)19-6-3-12(17)18/h3,7-8H,1-2,4-6H2. The van der Waals surface area contributed by atoms with Crippen molar-refractivity contribution in [2.24, 2.45) is 0 Å². The van der Waals surface area contributed by atoms with Crippen LogP contribution in [0.25, 0.3) is 0 Å². The second-order valence-corrected chi connectivity index (χ2v) is 9.04. The lowest BCUT2D eigenvalue weighted by molar-refractivity contribution is 0.304. The lowest BCUT2D eigenvalue weighted by Crippen LogP contribution is -2.00. The van der Waals surface area contributed by atoms with E-state index in [4.69, 9.17) is 9.47 Å². The Balaban J connectivity index is 2.63. The van der Waals surface area contributed by atoms with Crippen molar-refractivity contribution < 1.29 is 9.47 Å². The summed E-state index contributed by atoms with van der Waals surface area (Å²) in [5.41, 5.74) is 0. The van der Waals surface area contributed by atoms with Gasteiger partial charge in [-0.05, 0) is 94.8 Å². The molecule has 0 aliphatic rings. The van der Waals surface area contributed by atoms with E-state index >= 15 is 0 Å². The third-order valence-corrected chi connectivity index (χ3v) is 4.62. The smallest absolute Gasteiger partial charge is 0.147 e. The minimum absolute atomic E-state index is 0.482. The molecule has 1 aromatic rings. The molecule has 0 amide bonds. The Hall–Kier alpha value is 0.960. The molecular formula is C13H13Br5O2. The number of hydrogen-bond acceptors (Lipinski definition) is 2. The molecule has 0 spiro atoms. The number of alkyl halides is 1. The summed E-state index contributed by atoms with van der Waals surface area (Å²) >= 11 is 17.0. The van der Waals surface area contributed by atoms with Crippen molar-refractivity contribution in [3.63, 3.8) is 0 Å². The van der Waals surface area contributed by atoms with Gasteiger partial charge in [0.25, 0.3) is 0 Å². The summed E-state index contributed by atoms with van der Waals surface area (Å²) < 4.78 is 14.0. The van der Waals surface area contributed by atoms with Crippen molar-refractivity contribution >= 4 is 79.6 Å². The Morgan fingerprint density at radius 2 is 1.70 bits per heavy atom. The second kappa shape index (κ2) is 10.6. The SMILES string of the molecule is BrCCCCOc1c(Br)cc(OCC=C(Br)Br)cc1Br. The number of rotatable bonds is 8. The third-order valence-electron chi connectivity index (χ3n) is 2.23. The monoisotopic (exact) mass is 596 g/mol. The fourth-order valence-electron chi connectivity index (χ4n) is 1.33. The van der Waals surface area contributed by atoms with Crippen LogP contribution in [0.3, 0.4) is 0 Å². The minimum atomic E-state index is 0.482. The summed E-state index contributed by atoms with van der Waals surface area (Å²) in [6, 6.07) is 3.81. The zero-order valence-corrected chi connectivity index (χ0v) is 18.4. The summed E-state index contributed by atoms with van der Waals surface area (Å²) in [4.78, 5) is 0. The maximum Gasteiger partial charge on any atom is 0.147 e. The first kappa shape index (κ1) is 19.0. The van der Waals surface area contributed by atoms with Crippen LogP contribution in [0, 0.1) is 0 Å². The second-order valence-electron chi connectivity index (χ2n) is 3.77. The maximum absolute atomic E-state index is 5.77. The van der Waals surface area contributed by atoms with Gasteiger partial charge in [0.05, 0.1) is 18.9 Å². The summed E-state index contributed by atoms with van der Waals surface area (Å²) in [7, 11) is 0. The van der Waals surface area contributed by atoms with E-state index in [1.807, 2.05) is 18.2 Å². The summed E-state index contributed by atoms with van der Waals surface area (Å²) in [6.07, 6.45) is 4.00. The van der Waals surface area contributed by atoms with Gasteiger partial charge >= 0.3 is 0 Å². The molecule has 0 aliphatic heterocycles. The van der Waals surface area contributed by atoms with Gasteiger partial charge in [0, 0.05) is 5.33 Å². The lowest BCUT2D eigenvalue weighted by Gasteiger charge is -2.12. The summed E-state index contributed by atoms with van der Waals surface area (Å²) in [5.74, 6) is 1.58. The van der Waals surface area contributed by atoms with Gasteiger partial charge in [0.2, 0.25) is 0 Å². The minimum Gasteiger partial charge on any atom is -0.491 e. The quantitative estimate of drug-likeness (QED) is 0.242. The molecule has 7 heteroatoms. The first-order valence-electron chi connectivity index (χ1n) is 5.86. The molecular weight excluding hydrogens is 588 g/mol. The van der Waals surface area contributed by atoms with E-state index in [9.17, 15) is 0 Å². The van der Waals surface area contributed by atoms with E-state index in [2.05, 4.69) is 79.6 Å². The van der Waals surface area contributed by atoms with Crippen LogP contribution in [-0.4, -0.2) is 18.5 Å². The van der Waals surface area contributed by atoms with Crippen molar-refractivity contribution in [1.82, 2.24) is 0 Å². The first-order chi connectivity index (χ1) is 9.54. The van der Waals surface area contributed by atoms with E-state index in [-0.39, 0.29) is 0 Å². The van der Waals surface area contributed by atoms with Crippen LogP contribution in [0.4, 0.5) is 0 Å². The predicted octanol–water partition coefficient (Wildman–Crippen LogP) is 6.78. The highest BCUT2D eigenvalue weighted by Crippen LogP contribution is 2.37. The van der Waals surface area contributed by atoms with Crippen LogP contribution in [0.15, 0.2) is 30.5 Å². The largest absolute Gasteiger partial charge is 0.491 e. The van der Waals surface area contributed by atoms with E-state index in [0.717, 1.165) is 42.0 Å². The zero-order chi connectivity index (χ0) is 15.0. The third kappa shape index (κ3) is 7.29. The Labute approximate surface area is 161 Å². The van der Waals surface area contributed by atoms with Gasteiger partial charge in [-0.2, -0.15) is 0 Å². The lowest BCUT2D eigenvalue weighted by atomic mass is 10.3. The fourth-order valence-corrected chi connectivity index (χ4v) is 3.36. The molecule has 0 aliphatic carbocycles. The van der Waals surface area contributed by atoms with E-state index in [0.29, 0.717) is 13.2 Å². The van der Waals surface area contributed by atoms with E-state index < -0.39 is 0 Å². The van der Waals surface area contributed by atoms with Crippen LogP contribution < -0.4 is 9.47 Å². The first-order valence-corrected chi connectivity index (χ1v) is 10.2. The van der Waals surface area contributed by atoms with Crippen LogP contribution >= 0.6 is 79.6 Å². The molecule has 0 atom stereocenters. The number of halogens is 5. The van der Waals surface area contributed by atoms with Crippen LogP contribution in [-0.2, 0) is 0 Å². The number of benzene rings is 1. The fraction of sp³-hybridized carbons (Fsp3) is 0.385. The molecule has 0 unspecified atom stereocenters. The molecule has 0 aromatic heterocycles. The molecule has 0 bridgehead atoms. The number of hydrogen-bond donors (Lipinski definition) is 0. The van der Waals surface area contributed by atoms with Crippen molar-refractivity contribution in [3.8, 4) is 11.5 Å². The Kier molecular flexibility index (Phi) is 10.1. The van der Waals surface area contributed by atoms with E-state index in [1.54, 1.807) is 0 Å². The Bertz CT molecular complexity index is 435. The molecule has 0 saturated heterocycles. The highest BCUT2D eigenvalue weighted by Gasteiger charge is 2.09. The molecule has 1 aromatic carbocycles. The summed E-state index contributed by atoms with van der Waals surface area (Å²) in [5, 5.41) is 1.00. The van der Waals surface area contributed by atoms with Gasteiger partial charge in [-0.25, -0.2) is 0 Å². The van der Waals surface area contributed by atoms with Crippen LogP contribution in [0.2, 0.25) is 0 Å². The molecule has 20 heavy (non-hydrogen) atoms. The Morgan fingerprint density at radius 3 is 2.25 bits per heavy atom. The van der Waals surface area contributed by atoms with Crippen molar-refractivity contribution in [3.05, 3.63) is 30.5 Å². The molecule has 1 rings (SSSR count). The topological polar surface area (TPSA) is 18.5 Å². The molecule has 0 saturated carbocycles. The zero-order valence-electron chi connectivity index (χ0n) is 10.5. The normalized spacial score (nSPS) is 10.2. The molecule has 0 heterocycles. The van der Waals surface area contributed by atoms with Crippen LogP contribution in [0.1, 0.15) is 12.8 Å². The average molecular weight is 601 g/mol.